The molecule has 102 valence electrons. The Morgan fingerprint density at radius 1 is 1.37 bits per heavy atom. The quantitative estimate of drug-likeness (QED) is 0.892. The lowest BCUT2D eigenvalue weighted by Gasteiger charge is -2.07. The molecule has 0 spiro atoms. The van der Waals surface area contributed by atoms with Gasteiger partial charge in [0, 0.05) is 25.0 Å². The van der Waals surface area contributed by atoms with Crippen molar-refractivity contribution in [2.75, 3.05) is 0 Å². The average molecular weight is 325 g/mol. The predicted octanol–water partition coefficient (Wildman–Crippen LogP) is 3.72. The Kier molecular flexibility index (Phi) is 4.77. The summed E-state index contributed by atoms with van der Waals surface area (Å²) in [6, 6.07) is 7.38. The molecular weight excluding hydrogens is 307 g/mol. The second kappa shape index (κ2) is 6.35. The molecule has 2 N–H and O–H groups in total. The number of halogens is 2. The summed E-state index contributed by atoms with van der Waals surface area (Å²) in [7, 11) is 0. The molecule has 0 aliphatic carbocycles. The van der Waals surface area contributed by atoms with Crippen LogP contribution in [0, 0.1) is 5.82 Å². The van der Waals surface area contributed by atoms with Crippen molar-refractivity contribution in [1.29, 1.82) is 0 Å². The second-order valence-electron chi connectivity index (χ2n) is 4.78. The first-order valence-corrected chi connectivity index (χ1v) is 7.22. The lowest BCUT2D eigenvalue weighted by molar-refractivity contribution is 0.615. The van der Waals surface area contributed by atoms with E-state index >= 15 is 0 Å². The molecule has 0 amide bonds. The van der Waals surface area contributed by atoms with Crippen LogP contribution in [0.2, 0.25) is 0 Å². The summed E-state index contributed by atoms with van der Waals surface area (Å²) >= 11 is 3.29. The van der Waals surface area contributed by atoms with Crippen molar-refractivity contribution in [2.24, 2.45) is 5.73 Å². The molecule has 1 heterocycles. The van der Waals surface area contributed by atoms with Crippen LogP contribution in [0.15, 0.2) is 41.1 Å². The molecule has 0 bridgehead atoms. The third-order valence-corrected chi connectivity index (χ3v) is 4.11. The molecule has 0 aliphatic heterocycles. The van der Waals surface area contributed by atoms with Gasteiger partial charge in [0.15, 0.2) is 0 Å². The van der Waals surface area contributed by atoms with Crippen molar-refractivity contribution >= 4 is 15.9 Å². The average Bonchev–Trinajstić information content (AvgIpc) is 2.82. The van der Waals surface area contributed by atoms with E-state index in [1.165, 1.54) is 11.6 Å². The van der Waals surface area contributed by atoms with E-state index in [0.29, 0.717) is 11.0 Å². The third-order valence-electron chi connectivity index (χ3n) is 3.22. The molecule has 2 aromatic rings. The van der Waals surface area contributed by atoms with Crippen molar-refractivity contribution < 1.29 is 4.39 Å². The standard InChI is InChI=1S/C15H18BrFN2/c1-2-13(18)8-11-6-7-19(9-11)10-12-4-3-5-14(17)15(12)16/h3-7,9,13H,2,8,10,18H2,1H3. The fraction of sp³-hybridized carbons (Fsp3) is 0.333. The van der Waals surface area contributed by atoms with Gasteiger partial charge < -0.3 is 10.3 Å². The number of nitrogens with zero attached hydrogens (tertiary/aromatic N) is 1. The summed E-state index contributed by atoms with van der Waals surface area (Å²) in [5, 5.41) is 0. The molecule has 1 atom stereocenters. The van der Waals surface area contributed by atoms with Crippen molar-refractivity contribution in [3.63, 3.8) is 0 Å². The van der Waals surface area contributed by atoms with Crippen LogP contribution in [0.4, 0.5) is 4.39 Å². The summed E-state index contributed by atoms with van der Waals surface area (Å²) in [5.41, 5.74) is 8.10. The summed E-state index contributed by atoms with van der Waals surface area (Å²) in [4.78, 5) is 0. The number of hydrogen-bond donors (Lipinski definition) is 1. The molecule has 1 unspecified atom stereocenters. The number of hydrogen-bond acceptors (Lipinski definition) is 1. The van der Waals surface area contributed by atoms with E-state index < -0.39 is 0 Å². The zero-order valence-electron chi connectivity index (χ0n) is 10.9. The van der Waals surface area contributed by atoms with Gasteiger partial charge in [0.25, 0.3) is 0 Å². The fourth-order valence-electron chi connectivity index (χ4n) is 2.02. The van der Waals surface area contributed by atoms with E-state index in [0.717, 1.165) is 18.4 Å². The highest BCUT2D eigenvalue weighted by atomic mass is 79.9. The van der Waals surface area contributed by atoms with Crippen LogP contribution in [0.1, 0.15) is 24.5 Å². The van der Waals surface area contributed by atoms with Crippen LogP contribution >= 0.6 is 15.9 Å². The van der Waals surface area contributed by atoms with Gasteiger partial charge in [-0.1, -0.05) is 19.1 Å². The van der Waals surface area contributed by atoms with Gasteiger partial charge in [-0.15, -0.1) is 0 Å². The molecule has 0 fully saturated rings. The van der Waals surface area contributed by atoms with Crippen LogP contribution in [0.5, 0.6) is 0 Å². The van der Waals surface area contributed by atoms with Gasteiger partial charge >= 0.3 is 0 Å². The number of rotatable bonds is 5. The zero-order chi connectivity index (χ0) is 13.8. The van der Waals surface area contributed by atoms with Crippen molar-refractivity contribution in [1.82, 2.24) is 4.57 Å². The minimum atomic E-state index is -0.224. The fourth-order valence-corrected chi connectivity index (χ4v) is 2.41. The van der Waals surface area contributed by atoms with Crippen molar-refractivity contribution in [2.45, 2.75) is 32.4 Å². The van der Waals surface area contributed by atoms with Crippen LogP contribution < -0.4 is 5.73 Å². The highest BCUT2D eigenvalue weighted by Gasteiger charge is 2.07. The Morgan fingerprint density at radius 2 is 2.16 bits per heavy atom. The number of nitrogens with two attached hydrogens (primary N) is 1. The Morgan fingerprint density at radius 3 is 2.89 bits per heavy atom. The Labute approximate surface area is 121 Å². The van der Waals surface area contributed by atoms with E-state index in [9.17, 15) is 4.39 Å². The first-order chi connectivity index (χ1) is 9.10. The van der Waals surface area contributed by atoms with Crippen LogP contribution in [0.25, 0.3) is 0 Å². The van der Waals surface area contributed by atoms with Gasteiger partial charge in [-0.3, -0.25) is 0 Å². The lowest BCUT2D eigenvalue weighted by Crippen LogP contribution is -2.21. The lowest BCUT2D eigenvalue weighted by atomic mass is 10.1. The van der Waals surface area contributed by atoms with Gasteiger partial charge in [0.2, 0.25) is 0 Å². The van der Waals surface area contributed by atoms with Gasteiger partial charge in [-0.25, -0.2) is 4.39 Å². The summed E-state index contributed by atoms with van der Waals surface area (Å²) in [6.07, 6.45) is 5.94. The molecule has 1 aromatic carbocycles. The molecule has 0 aliphatic rings. The molecular formula is C15H18BrFN2. The Hall–Kier alpha value is -1.13. The predicted molar refractivity (Wildman–Crippen MR) is 79.6 cm³/mol. The molecule has 0 saturated carbocycles. The van der Waals surface area contributed by atoms with Crippen molar-refractivity contribution in [3.05, 3.63) is 58.1 Å². The van der Waals surface area contributed by atoms with Gasteiger partial charge in [-0.2, -0.15) is 0 Å². The maximum Gasteiger partial charge on any atom is 0.137 e. The first-order valence-electron chi connectivity index (χ1n) is 6.43. The van der Waals surface area contributed by atoms with Crippen LogP contribution in [-0.2, 0) is 13.0 Å². The number of benzene rings is 1. The Bertz CT molecular complexity index is 551. The highest BCUT2D eigenvalue weighted by Crippen LogP contribution is 2.21. The van der Waals surface area contributed by atoms with Crippen LogP contribution in [-0.4, -0.2) is 10.6 Å². The third kappa shape index (κ3) is 3.67. The molecule has 0 saturated heterocycles. The smallest absolute Gasteiger partial charge is 0.137 e. The van der Waals surface area contributed by atoms with E-state index in [1.54, 1.807) is 6.07 Å². The summed E-state index contributed by atoms with van der Waals surface area (Å²) < 4.78 is 16.0. The van der Waals surface area contributed by atoms with Gasteiger partial charge in [0.1, 0.15) is 5.82 Å². The topological polar surface area (TPSA) is 30.9 Å². The monoisotopic (exact) mass is 324 g/mol. The highest BCUT2D eigenvalue weighted by molar-refractivity contribution is 9.10. The van der Waals surface area contributed by atoms with E-state index in [-0.39, 0.29) is 11.9 Å². The molecule has 4 heteroatoms. The van der Waals surface area contributed by atoms with Crippen LogP contribution in [0.3, 0.4) is 0 Å². The molecule has 0 radical (unpaired) electrons. The normalized spacial score (nSPS) is 12.6. The molecule has 1 aromatic heterocycles. The minimum absolute atomic E-state index is 0.205. The minimum Gasteiger partial charge on any atom is -0.350 e. The Balaban J connectivity index is 2.09. The largest absolute Gasteiger partial charge is 0.350 e. The maximum absolute atomic E-state index is 13.4. The van der Waals surface area contributed by atoms with E-state index in [1.807, 2.05) is 12.3 Å². The SMILES string of the molecule is CCC(N)Cc1ccn(Cc2cccc(F)c2Br)c1. The summed E-state index contributed by atoms with van der Waals surface area (Å²) in [6.45, 7) is 2.74. The maximum atomic E-state index is 13.4. The van der Waals surface area contributed by atoms with Gasteiger partial charge in [0.05, 0.1) is 4.47 Å². The molecule has 2 rings (SSSR count). The first kappa shape index (κ1) is 14.3. The number of aromatic nitrogens is 1. The second-order valence-corrected chi connectivity index (χ2v) is 5.57. The molecule has 2 nitrogen and oxygen atoms in total. The van der Waals surface area contributed by atoms with Crippen molar-refractivity contribution in [3.8, 4) is 0 Å². The summed E-state index contributed by atoms with van der Waals surface area (Å²) in [5.74, 6) is -0.224. The van der Waals surface area contributed by atoms with Gasteiger partial charge in [-0.05, 0) is 52.0 Å². The van der Waals surface area contributed by atoms with E-state index in [2.05, 4.69) is 39.7 Å². The van der Waals surface area contributed by atoms with E-state index in [4.69, 9.17) is 5.73 Å². The molecule has 19 heavy (non-hydrogen) atoms. The zero-order valence-corrected chi connectivity index (χ0v) is 12.5.